The molecule has 9 aromatic carbocycles. The average Bonchev–Trinajstić information content (AvgIpc) is 3.54. The molecule has 0 atom stereocenters. The van der Waals surface area contributed by atoms with Crippen molar-refractivity contribution in [3.05, 3.63) is 236 Å². The molecule has 1 nitrogen and oxygen atoms in total. The lowest BCUT2D eigenvalue weighted by molar-refractivity contribution is 0.660. The molecule has 0 bridgehead atoms. The van der Waals surface area contributed by atoms with Crippen LogP contribution in [0.3, 0.4) is 0 Å². The van der Waals surface area contributed by atoms with Crippen molar-refractivity contribution in [2.24, 2.45) is 0 Å². The zero-order valence-electron chi connectivity index (χ0n) is 32.8. The first-order chi connectivity index (χ1) is 28.5. The fourth-order valence-corrected chi connectivity index (χ4v) is 8.97. The third kappa shape index (κ3) is 6.22. The monoisotopic (exact) mass is 741 g/mol. The maximum atomic E-state index is 2.46. The Kier molecular flexibility index (Phi) is 8.92. The van der Waals surface area contributed by atoms with Gasteiger partial charge in [-0.15, -0.1) is 0 Å². The van der Waals surface area contributed by atoms with E-state index in [1.165, 1.54) is 66.8 Å². The smallest absolute Gasteiger partial charge is 0.0540 e. The molecule has 0 radical (unpaired) electrons. The molecule has 0 heterocycles. The lowest BCUT2D eigenvalue weighted by atomic mass is 9.82. The van der Waals surface area contributed by atoms with Crippen molar-refractivity contribution in [1.29, 1.82) is 0 Å². The summed E-state index contributed by atoms with van der Waals surface area (Å²) in [4.78, 5) is 2.46. The van der Waals surface area contributed by atoms with Crippen LogP contribution in [0, 0.1) is 0 Å². The van der Waals surface area contributed by atoms with Crippen LogP contribution in [0.25, 0.3) is 66.8 Å². The van der Waals surface area contributed by atoms with E-state index in [0.29, 0.717) is 0 Å². The van der Waals surface area contributed by atoms with Crippen LogP contribution in [-0.2, 0) is 5.41 Å². The largest absolute Gasteiger partial charge is 0.309 e. The fourth-order valence-electron chi connectivity index (χ4n) is 8.97. The Labute approximate surface area is 342 Å². The van der Waals surface area contributed by atoms with E-state index in [1.54, 1.807) is 0 Å². The number of fused-ring (bicyclic) bond motifs is 3. The highest BCUT2D eigenvalue weighted by atomic mass is 15.1. The molecule has 0 fully saturated rings. The number of anilines is 3. The van der Waals surface area contributed by atoms with Gasteiger partial charge < -0.3 is 4.90 Å². The van der Waals surface area contributed by atoms with Gasteiger partial charge in [-0.3, -0.25) is 0 Å². The summed E-state index contributed by atoms with van der Waals surface area (Å²) < 4.78 is 0. The second kappa shape index (κ2) is 14.7. The Morgan fingerprint density at radius 3 is 1.21 bits per heavy atom. The Hall–Kier alpha value is -7.22. The first-order valence-electron chi connectivity index (χ1n) is 20.2. The molecule has 276 valence electrons. The number of hydrogen-bond acceptors (Lipinski definition) is 1. The average molecular weight is 742 g/mol. The number of benzene rings is 9. The van der Waals surface area contributed by atoms with E-state index in [-0.39, 0.29) is 5.41 Å². The third-order valence-corrected chi connectivity index (χ3v) is 11.9. The zero-order chi connectivity index (χ0) is 39.1. The maximum absolute atomic E-state index is 2.46. The summed E-state index contributed by atoms with van der Waals surface area (Å²) in [6.07, 6.45) is 0. The zero-order valence-corrected chi connectivity index (χ0v) is 32.8. The quantitative estimate of drug-likeness (QED) is 0.150. The molecule has 0 unspecified atom stereocenters. The van der Waals surface area contributed by atoms with Crippen LogP contribution in [0.1, 0.15) is 25.0 Å². The molecule has 0 saturated carbocycles. The molecule has 9 aromatic rings. The number of nitrogens with zero attached hydrogens (tertiary/aromatic N) is 1. The van der Waals surface area contributed by atoms with Crippen LogP contribution in [0.4, 0.5) is 17.1 Å². The molecule has 0 spiro atoms. The van der Waals surface area contributed by atoms with E-state index < -0.39 is 0 Å². The maximum Gasteiger partial charge on any atom is 0.0540 e. The van der Waals surface area contributed by atoms with Crippen molar-refractivity contribution in [2.45, 2.75) is 19.3 Å². The van der Waals surface area contributed by atoms with Gasteiger partial charge in [-0.25, -0.2) is 0 Å². The highest BCUT2D eigenvalue weighted by Crippen LogP contribution is 2.53. The van der Waals surface area contributed by atoms with Gasteiger partial charge in [0.05, 0.1) is 11.4 Å². The van der Waals surface area contributed by atoms with Crippen LogP contribution in [0.2, 0.25) is 0 Å². The summed E-state index contributed by atoms with van der Waals surface area (Å²) in [5, 5.41) is 0. The minimum Gasteiger partial charge on any atom is -0.309 e. The Morgan fingerprint density at radius 1 is 0.293 bits per heavy atom. The summed E-state index contributed by atoms with van der Waals surface area (Å²) >= 11 is 0. The van der Waals surface area contributed by atoms with Crippen LogP contribution in [0.15, 0.2) is 224 Å². The molecular formula is C57H43N. The predicted molar refractivity (Wildman–Crippen MR) is 246 cm³/mol. The minimum atomic E-state index is -0.0574. The second-order valence-corrected chi connectivity index (χ2v) is 15.7. The van der Waals surface area contributed by atoms with Crippen molar-refractivity contribution in [3.63, 3.8) is 0 Å². The van der Waals surface area contributed by atoms with Gasteiger partial charge in [0.1, 0.15) is 0 Å². The third-order valence-electron chi connectivity index (χ3n) is 11.9. The molecule has 0 N–H and O–H groups in total. The molecule has 0 aliphatic heterocycles. The molecule has 0 saturated heterocycles. The Balaban J connectivity index is 1.20. The van der Waals surface area contributed by atoms with Crippen LogP contribution in [0.5, 0.6) is 0 Å². The summed E-state index contributed by atoms with van der Waals surface area (Å²) in [6, 6.07) is 81.8. The minimum absolute atomic E-state index is 0.0574. The van der Waals surface area contributed by atoms with E-state index >= 15 is 0 Å². The molecule has 0 aromatic heterocycles. The highest BCUT2D eigenvalue weighted by Gasteiger charge is 2.36. The topological polar surface area (TPSA) is 3.24 Å². The van der Waals surface area contributed by atoms with Gasteiger partial charge in [0.15, 0.2) is 0 Å². The summed E-state index contributed by atoms with van der Waals surface area (Å²) in [5.41, 5.74) is 20.6. The molecule has 10 rings (SSSR count). The van der Waals surface area contributed by atoms with Crippen LogP contribution in [-0.4, -0.2) is 0 Å². The first-order valence-corrected chi connectivity index (χ1v) is 20.2. The SMILES string of the molecule is CC1(C)c2ccccc2-c2c(-c3ccc(N(c4ccc(-c5ccccc5)cc4-c4ccccc4)c4ccc(-c5ccccc5)cc4-c4ccccc4)cc3)cccc21. The number of rotatable bonds is 8. The van der Waals surface area contributed by atoms with E-state index in [1.807, 2.05) is 0 Å². The molecular weight excluding hydrogens is 699 g/mol. The standard InChI is InChI=1S/C57H43N/c1-57(2)52-28-16-15-26-49(52)56-48(27-17-29-53(56)57)44-30-34-47(35-31-44)58(54-36-32-45(40-18-7-3-8-19-40)38-50(54)42-22-11-5-12-23-42)55-37-33-46(41-20-9-4-10-21-41)39-51(55)43-24-13-6-14-25-43/h3-39H,1-2H3. The first kappa shape index (κ1) is 35.2. The summed E-state index contributed by atoms with van der Waals surface area (Å²) in [5.74, 6) is 0. The molecule has 58 heavy (non-hydrogen) atoms. The summed E-state index contributed by atoms with van der Waals surface area (Å²) in [7, 11) is 0. The van der Waals surface area contributed by atoms with Crippen LogP contribution < -0.4 is 4.90 Å². The number of hydrogen-bond donors (Lipinski definition) is 0. The van der Waals surface area contributed by atoms with Gasteiger partial charge in [0.2, 0.25) is 0 Å². The van der Waals surface area contributed by atoms with E-state index in [2.05, 4.69) is 243 Å². The van der Waals surface area contributed by atoms with Crippen molar-refractivity contribution < 1.29 is 0 Å². The van der Waals surface area contributed by atoms with Crippen LogP contribution >= 0.6 is 0 Å². The molecule has 1 aliphatic rings. The van der Waals surface area contributed by atoms with Gasteiger partial charge in [-0.2, -0.15) is 0 Å². The normalized spacial score (nSPS) is 12.4. The molecule has 0 amide bonds. The summed E-state index contributed by atoms with van der Waals surface area (Å²) in [6.45, 7) is 4.70. The van der Waals surface area contributed by atoms with E-state index in [9.17, 15) is 0 Å². The lowest BCUT2D eigenvalue weighted by Gasteiger charge is -2.31. The van der Waals surface area contributed by atoms with Crippen molar-refractivity contribution in [1.82, 2.24) is 0 Å². The van der Waals surface area contributed by atoms with Crippen molar-refractivity contribution in [3.8, 4) is 66.8 Å². The van der Waals surface area contributed by atoms with E-state index in [0.717, 1.165) is 28.2 Å². The van der Waals surface area contributed by atoms with Gasteiger partial charge >= 0.3 is 0 Å². The van der Waals surface area contributed by atoms with Crippen molar-refractivity contribution >= 4 is 17.1 Å². The Morgan fingerprint density at radius 2 is 0.690 bits per heavy atom. The molecule has 1 aliphatic carbocycles. The second-order valence-electron chi connectivity index (χ2n) is 15.7. The van der Waals surface area contributed by atoms with Gasteiger partial charge in [0.25, 0.3) is 0 Å². The van der Waals surface area contributed by atoms with Gasteiger partial charge in [-0.1, -0.05) is 202 Å². The van der Waals surface area contributed by atoms with E-state index in [4.69, 9.17) is 0 Å². The predicted octanol–water partition coefficient (Wildman–Crippen LogP) is 15.8. The fraction of sp³-hybridized carbons (Fsp3) is 0.0526. The van der Waals surface area contributed by atoms with Crippen molar-refractivity contribution in [2.75, 3.05) is 4.90 Å². The molecule has 1 heteroatoms. The Bertz CT molecular complexity index is 2750. The van der Waals surface area contributed by atoms with Gasteiger partial charge in [-0.05, 0) is 103 Å². The highest BCUT2D eigenvalue weighted by molar-refractivity contribution is 5.97. The lowest BCUT2D eigenvalue weighted by Crippen LogP contribution is -2.14. The van der Waals surface area contributed by atoms with Gasteiger partial charge in [0, 0.05) is 22.2 Å².